The summed E-state index contributed by atoms with van der Waals surface area (Å²) in [4.78, 5) is 0. The highest BCUT2D eigenvalue weighted by Crippen LogP contribution is 2.28. The highest BCUT2D eigenvalue weighted by atomic mass is 79.9. The molecule has 1 atom stereocenters. The molecule has 1 unspecified atom stereocenters. The minimum Gasteiger partial charge on any atom is -0.324 e. The van der Waals surface area contributed by atoms with Crippen LogP contribution in [0.25, 0.3) is 11.1 Å². The molecule has 17 heavy (non-hydrogen) atoms. The first-order valence-corrected chi connectivity index (χ1v) is 6.56. The maximum atomic E-state index is 6.22. The second-order valence-electron chi connectivity index (χ2n) is 4.03. The second-order valence-corrected chi connectivity index (χ2v) is 5.35. The van der Waals surface area contributed by atoms with Crippen LogP contribution in [0.2, 0.25) is 5.02 Å². The lowest BCUT2D eigenvalue weighted by Crippen LogP contribution is -2.05. The van der Waals surface area contributed by atoms with Crippen molar-refractivity contribution in [2.45, 2.75) is 13.0 Å². The SMILES string of the molecule is CC(N)c1ccc(-c2ccc(Br)cc2)cc1Cl. The van der Waals surface area contributed by atoms with Crippen molar-refractivity contribution in [1.82, 2.24) is 0 Å². The lowest BCUT2D eigenvalue weighted by Gasteiger charge is -2.10. The van der Waals surface area contributed by atoms with E-state index in [1.54, 1.807) is 0 Å². The smallest absolute Gasteiger partial charge is 0.0459 e. The van der Waals surface area contributed by atoms with Crippen molar-refractivity contribution in [3.8, 4) is 11.1 Å². The van der Waals surface area contributed by atoms with E-state index in [4.69, 9.17) is 17.3 Å². The van der Waals surface area contributed by atoms with Gasteiger partial charge in [-0.05, 0) is 41.8 Å². The molecule has 0 amide bonds. The first-order chi connectivity index (χ1) is 8.08. The van der Waals surface area contributed by atoms with Gasteiger partial charge < -0.3 is 5.73 Å². The van der Waals surface area contributed by atoms with E-state index in [-0.39, 0.29) is 6.04 Å². The monoisotopic (exact) mass is 309 g/mol. The molecule has 0 fully saturated rings. The van der Waals surface area contributed by atoms with E-state index in [1.807, 2.05) is 37.3 Å². The van der Waals surface area contributed by atoms with Gasteiger partial charge in [-0.3, -0.25) is 0 Å². The van der Waals surface area contributed by atoms with Crippen LogP contribution in [-0.2, 0) is 0 Å². The van der Waals surface area contributed by atoms with Gasteiger partial charge >= 0.3 is 0 Å². The molecule has 0 radical (unpaired) electrons. The van der Waals surface area contributed by atoms with Crippen LogP contribution in [0, 0.1) is 0 Å². The summed E-state index contributed by atoms with van der Waals surface area (Å²) < 4.78 is 1.07. The van der Waals surface area contributed by atoms with Gasteiger partial charge in [-0.25, -0.2) is 0 Å². The number of benzene rings is 2. The Bertz CT molecular complexity index is 520. The summed E-state index contributed by atoms with van der Waals surface area (Å²) in [5.41, 5.74) is 9.06. The largest absolute Gasteiger partial charge is 0.324 e. The van der Waals surface area contributed by atoms with Gasteiger partial charge in [0.15, 0.2) is 0 Å². The molecule has 0 spiro atoms. The Morgan fingerprint density at radius 3 is 2.18 bits per heavy atom. The van der Waals surface area contributed by atoms with Crippen molar-refractivity contribution in [1.29, 1.82) is 0 Å². The van der Waals surface area contributed by atoms with E-state index in [1.165, 1.54) is 0 Å². The number of nitrogens with two attached hydrogens (primary N) is 1. The van der Waals surface area contributed by atoms with Gasteiger partial charge in [0.05, 0.1) is 0 Å². The van der Waals surface area contributed by atoms with E-state index in [0.717, 1.165) is 26.2 Å². The quantitative estimate of drug-likeness (QED) is 0.848. The predicted octanol–water partition coefficient (Wildman–Crippen LogP) is 4.79. The van der Waals surface area contributed by atoms with Gasteiger partial charge in [0, 0.05) is 15.5 Å². The third-order valence-electron chi connectivity index (χ3n) is 2.67. The maximum Gasteiger partial charge on any atom is 0.0459 e. The molecule has 2 rings (SSSR count). The molecule has 0 heterocycles. The summed E-state index contributed by atoms with van der Waals surface area (Å²) in [6.07, 6.45) is 0. The fourth-order valence-electron chi connectivity index (χ4n) is 1.72. The van der Waals surface area contributed by atoms with Gasteiger partial charge in [0.25, 0.3) is 0 Å². The van der Waals surface area contributed by atoms with Crippen molar-refractivity contribution in [3.05, 3.63) is 57.5 Å². The Morgan fingerprint density at radius 1 is 1.06 bits per heavy atom. The van der Waals surface area contributed by atoms with Crippen LogP contribution in [-0.4, -0.2) is 0 Å². The molecule has 2 aromatic carbocycles. The number of rotatable bonds is 2. The van der Waals surface area contributed by atoms with E-state index < -0.39 is 0 Å². The average molecular weight is 311 g/mol. The minimum absolute atomic E-state index is 0.0403. The van der Waals surface area contributed by atoms with Crippen LogP contribution < -0.4 is 5.73 Å². The molecule has 0 aliphatic carbocycles. The predicted molar refractivity (Wildman–Crippen MR) is 77.2 cm³/mol. The Balaban J connectivity index is 2.41. The lowest BCUT2D eigenvalue weighted by molar-refractivity contribution is 0.819. The maximum absolute atomic E-state index is 6.22. The summed E-state index contributed by atoms with van der Waals surface area (Å²) in [5.74, 6) is 0. The standard InChI is InChI=1S/C14H13BrClN/c1-9(17)13-7-4-11(8-14(13)16)10-2-5-12(15)6-3-10/h2-9H,17H2,1H3. The Kier molecular flexibility index (Phi) is 3.87. The van der Waals surface area contributed by atoms with Gasteiger partial charge in [-0.2, -0.15) is 0 Å². The molecular formula is C14H13BrClN. The molecule has 1 nitrogen and oxygen atoms in total. The normalized spacial score (nSPS) is 12.5. The lowest BCUT2D eigenvalue weighted by atomic mass is 10.0. The van der Waals surface area contributed by atoms with Gasteiger partial charge in [-0.15, -0.1) is 0 Å². The molecule has 0 saturated carbocycles. The molecule has 3 heteroatoms. The molecule has 2 aromatic rings. The molecule has 0 aliphatic heterocycles. The first-order valence-electron chi connectivity index (χ1n) is 5.39. The van der Waals surface area contributed by atoms with Crippen molar-refractivity contribution in [3.63, 3.8) is 0 Å². The number of hydrogen-bond acceptors (Lipinski definition) is 1. The molecule has 88 valence electrons. The zero-order chi connectivity index (χ0) is 12.4. The summed E-state index contributed by atoms with van der Waals surface area (Å²) in [7, 11) is 0. The van der Waals surface area contributed by atoms with Crippen molar-refractivity contribution < 1.29 is 0 Å². The Labute approximate surface area is 115 Å². The zero-order valence-electron chi connectivity index (χ0n) is 9.45. The summed E-state index contributed by atoms with van der Waals surface area (Å²) in [6, 6.07) is 14.1. The third kappa shape index (κ3) is 2.89. The second kappa shape index (κ2) is 5.21. The molecule has 0 saturated heterocycles. The van der Waals surface area contributed by atoms with Crippen LogP contribution in [0.15, 0.2) is 46.9 Å². The van der Waals surface area contributed by atoms with E-state index in [0.29, 0.717) is 0 Å². The molecule has 0 bridgehead atoms. The van der Waals surface area contributed by atoms with E-state index in [2.05, 4.69) is 28.1 Å². The average Bonchev–Trinajstić information content (AvgIpc) is 2.29. The van der Waals surface area contributed by atoms with Gasteiger partial charge in [0.2, 0.25) is 0 Å². The van der Waals surface area contributed by atoms with E-state index in [9.17, 15) is 0 Å². The van der Waals surface area contributed by atoms with Crippen LogP contribution in [0.1, 0.15) is 18.5 Å². The molecular weight excluding hydrogens is 298 g/mol. The highest BCUT2D eigenvalue weighted by molar-refractivity contribution is 9.10. The zero-order valence-corrected chi connectivity index (χ0v) is 11.8. The Morgan fingerprint density at radius 2 is 1.65 bits per heavy atom. The molecule has 0 aromatic heterocycles. The third-order valence-corrected chi connectivity index (χ3v) is 3.52. The summed E-state index contributed by atoms with van der Waals surface area (Å²) >= 11 is 9.64. The number of halogens is 2. The van der Waals surface area contributed by atoms with Crippen LogP contribution in [0.5, 0.6) is 0 Å². The minimum atomic E-state index is -0.0403. The molecule has 2 N–H and O–H groups in total. The summed E-state index contributed by atoms with van der Waals surface area (Å²) in [6.45, 7) is 1.93. The van der Waals surface area contributed by atoms with Gasteiger partial charge in [-0.1, -0.05) is 51.8 Å². The van der Waals surface area contributed by atoms with Crippen LogP contribution in [0.4, 0.5) is 0 Å². The number of hydrogen-bond donors (Lipinski definition) is 1. The topological polar surface area (TPSA) is 26.0 Å². The van der Waals surface area contributed by atoms with Crippen molar-refractivity contribution in [2.24, 2.45) is 5.73 Å². The van der Waals surface area contributed by atoms with Crippen LogP contribution >= 0.6 is 27.5 Å². The van der Waals surface area contributed by atoms with E-state index >= 15 is 0 Å². The van der Waals surface area contributed by atoms with Gasteiger partial charge in [0.1, 0.15) is 0 Å². The van der Waals surface area contributed by atoms with Crippen LogP contribution in [0.3, 0.4) is 0 Å². The fourth-order valence-corrected chi connectivity index (χ4v) is 2.34. The van der Waals surface area contributed by atoms with Crippen molar-refractivity contribution in [2.75, 3.05) is 0 Å². The molecule has 0 aliphatic rings. The summed E-state index contributed by atoms with van der Waals surface area (Å²) in [5, 5.41) is 0.723. The van der Waals surface area contributed by atoms with Crippen molar-refractivity contribution >= 4 is 27.5 Å². The highest BCUT2D eigenvalue weighted by Gasteiger charge is 2.06. The Hall–Kier alpha value is -0.830. The first kappa shape index (κ1) is 12.6. The fraction of sp³-hybridized carbons (Fsp3) is 0.143.